The quantitative estimate of drug-likeness (QED) is 0.169. The van der Waals surface area contributed by atoms with Gasteiger partial charge in [-0.25, -0.2) is 4.79 Å². The highest BCUT2D eigenvalue weighted by molar-refractivity contribution is 5.83. The molecule has 5 aromatic rings. The van der Waals surface area contributed by atoms with Crippen LogP contribution in [0.2, 0.25) is 0 Å². The van der Waals surface area contributed by atoms with Crippen molar-refractivity contribution in [2.24, 2.45) is 5.92 Å². The molecule has 0 saturated carbocycles. The lowest BCUT2D eigenvalue weighted by Gasteiger charge is -2.25. The highest BCUT2D eigenvalue weighted by Gasteiger charge is 2.38. The molecule has 1 aliphatic rings. The van der Waals surface area contributed by atoms with Gasteiger partial charge in [0.2, 0.25) is 5.91 Å². The van der Waals surface area contributed by atoms with Gasteiger partial charge in [0.1, 0.15) is 5.82 Å². The molecular formula is C34H35F3N6O3. The number of carbonyl (C=O) groups excluding carboxylic acids is 1. The second-order valence-electron chi connectivity index (χ2n) is 11.1. The topological polar surface area (TPSA) is 125 Å². The predicted octanol–water partition coefficient (Wildman–Crippen LogP) is 5.57. The molecular weight excluding hydrogens is 597 g/mol. The molecule has 1 fully saturated rings. The number of amides is 1. The molecule has 3 aromatic carbocycles. The fraction of sp³-hybridized carbons (Fsp3) is 0.294. The van der Waals surface area contributed by atoms with E-state index >= 15 is 0 Å². The van der Waals surface area contributed by atoms with Crippen molar-refractivity contribution in [3.63, 3.8) is 0 Å². The lowest BCUT2D eigenvalue weighted by atomic mass is 9.96. The standard InChI is InChI=1S/C32H34N6O.C2HF3O2/c39-32(24-17-19-33-20-18-24)35-29(21-25-22-34-28-14-8-7-13-27(25)28)31-37-36-30(16-15-23-9-3-1-4-10-23)38(31)26-11-5-2-6-12-26;3-2(4,5)1(6)7/h1-14,22,24,29,33-34H,15-21H2,(H,35,39);(H,6,7)/t29-;/m1./s1. The monoisotopic (exact) mass is 632 g/mol. The number of rotatable bonds is 9. The predicted molar refractivity (Wildman–Crippen MR) is 167 cm³/mol. The summed E-state index contributed by atoms with van der Waals surface area (Å²) in [6, 6.07) is 28.6. The third kappa shape index (κ3) is 8.19. The zero-order chi connectivity index (χ0) is 32.5. The van der Waals surface area contributed by atoms with Crippen LogP contribution in [-0.2, 0) is 28.9 Å². The van der Waals surface area contributed by atoms with Crippen molar-refractivity contribution in [1.29, 1.82) is 0 Å². The van der Waals surface area contributed by atoms with Crippen LogP contribution in [0.4, 0.5) is 13.2 Å². The third-order valence-corrected chi connectivity index (χ3v) is 7.93. The summed E-state index contributed by atoms with van der Waals surface area (Å²) in [6.45, 7) is 1.74. The summed E-state index contributed by atoms with van der Waals surface area (Å²) >= 11 is 0. The summed E-state index contributed by atoms with van der Waals surface area (Å²) in [4.78, 5) is 25.8. The van der Waals surface area contributed by atoms with E-state index in [0.717, 1.165) is 72.6 Å². The van der Waals surface area contributed by atoms with E-state index in [-0.39, 0.29) is 17.9 Å². The van der Waals surface area contributed by atoms with Gasteiger partial charge in [0, 0.05) is 41.5 Å². The van der Waals surface area contributed by atoms with Gasteiger partial charge in [-0.3, -0.25) is 9.36 Å². The summed E-state index contributed by atoms with van der Waals surface area (Å²) in [6.07, 6.45) is 0.880. The first-order valence-corrected chi connectivity index (χ1v) is 15.1. The number of hydrogen-bond donors (Lipinski definition) is 4. The number of nitrogens with one attached hydrogen (secondary N) is 3. The normalized spacial score (nSPS) is 14.3. The Bertz CT molecular complexity index is 1730. The van der Waals surface area contributed by atoms with Crippen LogP contribution >= 0.6 is 0 Å². The van der Waals surface area contributed by atoms with Gasteiger partial charge in [0.15, 0.2) is 5.82 Å². The van der Waals surface area contributed by atoms with Gasteiger partial charge < -0.3 is 20.7 Å². The van der Waals surface area contributed by atoms with E-state index < -0.39 is 12.1 Å². The van der Waals surface area contributed by atoms with Gasteiger partial charge in [-0.2, -0.15) is 13.2 Å². The van der Waals surface area contributed by atoms with E-state index in [1.165, 1.54) is 5.56 Å². The fourth-order valence-electron chi connectivity index (χ4n) is 5.58. The van der Waals surface area contributed by atoms with Gasteiger partial charge in [0.25, 0.3) is 0 Å². The Labute approximate surface area is 263 Å². The van der Waals surface area contributed by atoms with Crippen LogP contribution in [0.1, 0.15) is 41.7 Å². The van der Waals surface area contributed by atoms with E-state index in [0.29, 0.717) is 6.42 Å². The van der Waals surface area contributed by atoms with Crippen molar-refractivity contribution in [2.45, 2.75) is 44.3 Å². The summed E-state index contributed by atoms with van der Waals surface area (Å²) in [5, 5.41) is 24.5. The fourth-order valence-corrected chi connectivity index (χ4v) is 5.58. The minimum Gasteiger partial charge on any atom is -0.475 e. The number of carboxylic acid groups (broad SMARTS) is 1. The van der Waals surface area contributed by atoms with E-state index in [4.69, 9.17) is 15.0 Å². The molecule has 12 heteroatoms. The highest BCUT2D eigenvalue weighted by Crippen LogP contribution is 2.27. The number of benzene rings is 3. The van der Waals surface area contributed by atoms with Crippen LogP contribution in [0, 0.1) is 5.92 Å². The number of aliphatic carboxylic acids is 1. The highest BCUT2D eigenvalue weighted by atomic mass is 19.4. The number of fused-ring (bicyclic) bond motifs is 1. The molecule has 240 valence electrons. The van der Waals surface area contributed by atoms with Crippen molar-refractivity contribution >= 4 is 22.8 Å². The van der Waals surface area contributed by atoms with Crippen LogP contribution in [0.5, 0.6) is 0 Å². The molecule has 0 spiro atoms. The number of halogens is 3. The number of aromatic amines is 1. The number of H-pyrrole nitrogens is 1. The van der Waals surface area contributed by atoms with Gasteiger partial charge in [-0.05, 0) is 61.7 Å². The number of para-hydroxylation sites is 2. The summed E-state index contributed by atoms with van der Waals surface area (Å²) in [7, 11) is 0. The summed E-state index contributed by atoms with van der Waals surface area (Å²) < 4.78 is 33.9. The first-order valence-electron chi connectivity index (χ1n) is 15.1. The molecule has 9 nitrogen and oxygen atoms in total. The van der Waals surface area contributed by atoms with Crippen molar-refractivity contribution in [3.8, 4) is 5.69 Å². The lowest BCUT2D eigenvalue weighted by molar-refractivity contribution is -0.192. The molecule has 0 radical (unpaired) electrons. The minimum atomic E-state index is -5.08. The van der Waals surface area contributed by atoms with Crippen molar-refractivity contribution in [2.75, 3.05) is 13.1 Å². The average Bonchev–Trinajstić information content (AvgIpc) is 3.69. The summed E-state index contributed by atoms with van der Waals surface area (Å²) in [5.41, 5.74) is 4.50. The zero-order valence-electron chi connectivity index (χ0n) is 25.0. The largest absolute Gasteiger partial charge is 0.490 e. The molecule has 6 rings (SSSR count). The Morgan fingerprint density at radius 1 is 0.913 bits per heavy atom. The third-order valence-electron chi connectivity index (χ3n) is 7.93. The molecule has 0 aliphatic carbocycles. The Morgan fingerprint density at radius 3 is 2.22 bits per heavy atom. The second kappa shape index (κ2) is 14.9. The second-order valence-corrected chi connectivity index (χ2v) is 11.1. The van der Waals surface area contributed by atoms with Crippen LogP contribution in [-0.4, -0.2) is 56.0 Å². The number of alkyl halides is 3. The Balaban J connectivity index is 0.000000537. The zero-order valence-corrected chi connectivity index (χ0v) is 25.0. The number of aromatic nitrogens is 4. The maximum Gasteiger partial charge on any atom is 0.490 e. The van der Waals surface area contributed by atoms with E-state index in [2.05, 4.69) is 79.9 Å². The van der Waals surface area contributed by atoms with Gasteiger partial charge in [-0.15, -0.1) is 10.2 Å². The number of carboxylic acids is 1. The molecule has 46 heavy (non-hydrogen) atoms. The smallest absolute Gasteiger partial charge is 0.475 e. The van der Waals surface area contributed by atoms with Gasteiger partial charge >= 0.3 is 12.1 Å². The summed E-state index contributed by atoms with van der Waals surface area (Å²) in [5.74, 6) is -1.01. The van der Waals surface area contributed by atoms with E-state index in [1.54, 1.807) is 0 Å². The minimum absolute atomic E-state index is 0.00219. The molecule has 1 saturated heterocycles. The van der Waals surface area contributed by atoms with Crippen molar-refractivity contribution in [1.82, 2.24) is 30.4 Å². The molecule has 1 amide bonds. The van der Waals surface area contributed by atoms with Crippen LogP contribution < -0.4 is 10.6 Å². The first kappa shape index (κ1) is 32.4. The number of piperidine rings is 1. The van der Waals surface area contributed by atoms with Crippen LogP contribution in [0.3, 0.4) is 0 Å². The number of nitrogens with zero attached hydrogens (tertiary/aromatic N) is 3. The Morgan fingerprint density at radius 2 is 1.54 bits per heavy atom. The molecule has 1 aliphatic heterocycles. The van der Waals surface area contributed by atoms with Crippen LogP contribution in [0.15, 0.2) is 91.1 Å². The Kier molecular flexibility index (Phi) is 10.5. The van der Waals surface area contributed by atoms with Crippen LogP contribution in [0.25, 0.3) is 16.6 Å². The van der Waals surface area contributed by atoms with E-state index in [1.807, 2.05) is 36.5 Å². The maximum absolute atomic E-state index is 13.5. The average molecular weight is 633 g/mol. The molecule has 2 aromatic heterocycles. The molecule has 3 heterocycles. The molecule has 4 N–H and O–H groups in total. The number of aryl methyl sites for hydroxylation is 2. The number of hydrogen-bond acceptors (Lipinski definition) is 5. The Hall–Kier alpha value is -4.97. The van der Waals surface area contributed by atoms with Gasteiger partial charge in [0.05, 0.1) is 6.04 Å². The molecule has 1 atom stereocenters. The number of carbonyl (C=O) groups is 2. The molecule has 0 bridgehead atoms. The lowest BCUT2D eigenvalue weighted by Crippen LogP contribution is -2.40. The first-order chi connectivity index (χ1) is 22.2. The maximum atomic E-state index is 13.5. The van der Waals surface area contributed by atoms with Gasteiger partial charge in [-0.1, -0.05) is 66.7 Å². The molecule has 0 unspecified atom stereocenters. The SMILES string of the molecule is O=C(N[C@H](Cc1c[nH]c2ccccc12)c1nnc(CCc2ccccc2)n1-c1ccccc1)C1CCNCC1.O=C(O)C(F)(F)F. The van der Waals surface area contributed by atoms with Crippen molar-refractivity contribution in [3.05, 3.63) is 114 Å². The van der Waals surface area contributed by atoms with Crippen molar-refractivity contribution < 1.29 is 27.9 Å². The van der Waals surface area contributed by atoms with E-state index in [9.17, 15) is 18.0 Å².